The van der Waals surface area contributed by atoms with E-state index in [4.69, 9.17) is 0 Å². The Morgan fingerprint density at radius 1 is 1.19 bits per heavy atom. The van der Waals surface area contributed by atoms with E-state index in [9.17, 15) is 4.79 Å². The van der Waals surface area contributed by atoms with E-state index in [1.54, 1.807) is 31.2 Å². The normalized spacial score (nSPS) is 10.7. The highest BCUT2D eigenvalue weighted by atomic mass is 16.1. The summed E-state index contributed by atoms with van der Waals surface area (Å²) in [5.41, 5.74) is 1.46. The zero-order valence-electron chi connectivity index (χ0n) is 9.97. The van der Waals surface area contributed by atoms with Crippen LogP contribution in [0.15, 0.2) is 34.6 Å². The molecule has 0 bridgehead atoms. The molecule has 0 unspecified atom stereocenters. The number of hydrogen-bond acceptors (Lipinski definition) is 3. The van der Waals surface area contributed by atoms with Gasteiger partial charge >= 0.3 is 0 Å². The van der Waals surface area contributed by atoms with Crippen molar-refractivity contribution in [1.82, 2.24) is 5.01 Å². The van der Waals surface area contributed by atoms with E-state index in [0.29, 0.717) is 5.56 Å². The summed E-state index contributed by atoms with van der Waals surface area (Å²) >= 11 is 0. The summed E-state index contributed by atoms with van der Waals surface area (Å²) < 4.78 is 0. The van der Waals surface area contributed by atoms with Crippen molar-refractivity contribution in [2.24, 2.45) is 10.3 Å². The first kappa shape index (κ1) is 12.4. The molecule has 0 radical (unpaired) electrons. The van der Waals surface area contributed by atoms with Crippen LogP contribution in [0.1, 0.15) is 31.1 Å². The SMILES string of the molecule is CCN(CC)N=Nc1ccc(C(C)=O)cc1. The molecule has 0 aliphatic heterocycles. The largest absolute Gasteiger partial charge is 0.295 e. The molecule has 0 heterocycles. The van der Waals surface area contributed by atoms with Gasteiger partial charge in [-0.25, -0.2) is 0 Å². The lowest BCUT2D eigenvalue weighted by Gasteiger charge is -2.10. The molecule has 4 nitrogen and oxygen atoms in total. The van der Waals surface area contributed by atoms with Crippen LogP contribution in [-0.4, -0.2) is 23.9 Å². The molecule has 0 aromatic heterocycles. The summed E-state index contributed by atoms with van der Waals surface area (Å²) in [5.74, 6) is 0.0623. The summed E-state index contributed by atoms with van der Waals surface area (Å²) in [6.45, 7) is 7.28. The first-order valence-corrected chi connectivity index (χ1v) is 5.45. The van der Waals surface area contributed by atoms with Crippen LogP contribution in [-0.2, 0) is 0 Å². The van der Waals surface area contributed by atoms with Crippen LogP contribution in [0.4, 0.5) is 5.69 Å². The number of carbonyl (C=O) groups is 1. The van der Waals surface area contributed by atoms with Crippen LogP contribution in [0, 0.1) is 0 Å². The van der Waals surface area contributed by atoms with Gasteiger partial charge in [0.05, 0.1) is 5.69 Å². The highest BCUT2D eigenvalue weighted by Gasteiger charge is 1.98. The van der Waals surface area contributed by atoms with Gasteiger partial charge in [-0.2, -0.15) is 0 Å². The summed E-state index contributed by atoms with van der Waals surface area (Å²) in [6.07, 6.45) is 0. The van der Waals surface area contributed by atoms with Gasteiger partial charge in [-0.15, -0.1) is 5.11 Å². The molecular weight excluding hydrogens is 202 g/mol. The smallest absolute Gasteiger partial charge is 0.159 e. The topological polar surface area (TPSA) is 45.0 Å². The summed E-state index contributed by atoms with van der Waals surface area (Å²) in [7, 11) is 0. The van der Waals surface area contributed by atoms with Crippen molar-refractivity contribution >= 4 is 11.5 Å². The molecular formula is C12H17N3O. The Hall–Kier alpha value is -1.71. The quantitative estimate of drug-likeness (QED) is 0.433. The number of hydrogen-bond donors (Lipinski definition) is 0. The van der Waals surface area contributed by atoms with Crippen molar-refractivity contribution in [2.75, 3.05) is 13.1 Å². The van der Waals surface area contributed by atoms with E-state index >= 15 is 0 Å². The third-order valence-corrected chi connectivity index (χ3v) is 2.29. The summed E-state index contributed by atoms with van der Waals surface area (Å²) in [4.78, 5) is 11.1. The van der Waals surface area contributed by atoms with Crippen molar-refractivity contribution in [1.29, 1.82) is 0 Å². The van der Waals surface area contributed by atoms with Gasteiger partial charge < -0.3 is 0 Å². The van der Waals surface area contributed by atoms with Crippen LogP contribution < -0.4 is 0 Å². The highest BCUT2D eigenvalue weighted by molar-refractivity contribution is 5.94. The Bertz CT molecular complexity index is 366. The molecule has 0 amide bonds. The maximum absolute atomic E-state index is 11.1. The van der Waals surface area contributed by atoms with E-state index in [2.05, 4.69) is 10.3 Å². The molecule has 1 rings (SSSR count). The van der Waals surface area contributed by atoms with Crippen molar-refractivity contribution < 1.29 is 4.79 Å². The Morgan fingerprint density at radius 2 is 1.75 bits per heavy atom. The van der Waals surface area contributed by atoms with Gasteiger partial charge in [0.1, 0.15) is 0 Å². The lowest BCUT2D eigenvalue weighted by molar-refractivity contribution is 0.101. The lowest BCUT2D eigenvalue weighted by atomic mass is 10.1. The van der Waals surface area contributed by atoms with Crippen LogP contribution >= 0.6 is 0 Å². The van der Waals surface area contributed by atoms with E-state index in [1.807, 2.05) is 18.9 Å². The van der Waals surface area contributed by atoms with Gasteiger partial charge in [-0.05, 0) is 45.0 Å². The third kappa shape index (κ3) is 3.46. The zero-order valence-corrected chi connectivity index (χ0v) is 9.97. The maximum Gasteiger partial charge on any atom is 0.159 e. The Labute approximate surface area is 96.0 Å². The van der Waals surface area contributed by atoms with Gasteiger partial charge in [-0.3, -0.25) is 9.80 Å². The minimum absolute atomic E-state index is 0.0623. The van der Waals surface area contributed by atoms with E-state index in [0.717, 1.165) is 18.8 Å². The first-order chi connectivity index (χ1) is 7.67. The van der Waals surface area contributed by atoms with Crippen molar-refractivity contribution in [2.45, 2.75) is 20.8 Å². The minimum atomic E-state index is 0.0623. The summed E-state index contributed by atoms with van der Waals surface area (Å²) in [6, 6.07) is 7.12. The van der Waals surface area contributed by atoms with Gasteiger partial charge in [0.15, 0.2) is 5.78 Å². The van der Waals surface area contributed by atoms with Gasteiger partial charge in [0, 0.05) is 18.7 Å². The van der Waals surface area contributed by atoms with E-state index in [-0.39, 0.29) is 5.78 Å². The number of ketones is 1. The van der Waals surface area contributed by atoms with Crippen LogP contribution in [0.2, 0.25) is 0 Å². The van der Waals surface area contributed by atoms with Crippen molar-refractivity contribution in [3.05, 3.63) is 29.8 Å². The molecule has 0 saturated carbocycles. The highest BCUT2D eigenvalue weighted by Crippen LogP contribution is 2.14. The fourth-order valence-electron chi connectivity index (χ4n) is 1.23. The molecule has 0 N–H and O–H groups in total. The Balaban J connectivity index is 2.71. The number of carbonyl (C=O) groups excluding carboxylic acids is 1. The number of rotatable bonds is 5. The van der Waals surface area contributed by atoms with Gasteiger partial charge in [-0.1, -0.05) is 5.22 Å². The molecule has 1 aromatic carbocycles. The molecule has 0 fully saturated rings. The predicted octanol–water partition coefficient (Wildman–Crippen LogP) is 3.23. The first-order valence-electron chi connectivity index (χ1n) is 5.45. The zero-order chi connectivity index (χ0) is 12.0. The average Bonchev–Trinajstić information content (AvgIpc) is 2.31. The fraction of sp³-hybridized carbons (Fsp3) is 0.417. The molecule has 1 aromatic rings. The Morgan fingerprint density at radius 3 is 2.19 bits per heavy atom. The lowest BCUT2D eigenvalue weighted by Crippen LogP contribution is -2.14. The maximum atomic E-state index is 11.1. The second kappa shape index (κ2) is 6.00. The number of Topliss-reactive ketones (excluding diaryl/α,β-unsaturated/α-hetero) is 1. The summed E-state index contributed by atoms with van der Waals surface area (Å²) in [5, 5.41) is 10.0. The second-order valence-corrected chi connectivity index (χ2v) is 3.43. The van der Waals surface area contributed by atoms with Gasteiger partial charge in [0.25, 0.3) is 0 Å². The average molecular weight is 219 g/mol. The number of benzene rings is 1. The van der Waals surface area contributed by atoms with Gasteiger partial charge in [0.2, 0.25) is 0 Å². The van der Waals surface area contributed by atoms with Crippen LogP contribution in [0.5, 0.6) is 0 Å². The Kier molecular flexibility index (Phi) is 4.64. The molecule has 0 spiro atoms. The third-order valence-electron chi connectivity index (χ3n) is 2.29. The standard InChI is InChI=1S/C12H17N3O/c1-4-15(5-2)14-13-12-8-6-11(7-9-12)10(3)16/h6-9H,4-5H2,1-3H3. The second-order valence-electron chi connectivity index (χ2n) is 3.43. The molecule has 0 aliphatic rings. The van der Waals surface area contributed by atoms with E-state index < -0.39 is 0 Å². The van der Waals surface area contributed by atoms with Crippen molar-refractivity contribution in [3.63, 3.8) is 0 Å². The molecule has 0 atom stereocenters. The van der Waals surface area contributed by atoms with E-state index in [1.165, 1.54) is 0 Å². The van der Waals surface area contributed by atoms with Crippen molar-refractivity contribution in [3.8, 4) is 0 Å². The fourth-order valence-corrected chi connectivity index (χ4v) is 1.23. The molecule has 86 valence electrons. The molecule has 0 aliphatic carbocycles. The number of nitrogens with zero attached hydrogens (tertiary/aromatic N) is 3. The molecule has 16 heavy (non-hydrogen) atoms. The minimum Gasteiger partial charge on any atom is -0.295 e. The monoisotopic (exact) mass is 219 g/mol. The molecule has 4 heteroatoms. The predicted molar refractivity (Wildman–Crippen MR) is 63.9 cm³/mol. The molecule has 0 saturated heterocycles. The van der Waals surface area contributed by atoms with Crippen LogP contribution in [0.3, 0.4) is 0 Å². The van der Waals surface area contributed by atoms with Crippen LogP contribution in [0.25, 0.3) is 0 Å².